The average Bonchev–Trinajstić information content (AvgIpc) is 4.06. The van der Waals surface area contributed by atoms with Gasteiger partial charge in [-0.15, -0.1) is 11.3 Å². The van der Waals surface area contributed by atoms with E-state index in [1.165, 1.54) is 42.4 Å². The van der Waals surface area contributed by atoms with Crippen molar-refractivity contribution in [1.82, 2.24) is 9.97 Å². The molecule has 1 fully saturated rings. The summed E-state index contributed by atoms with van der Waals surface area (Å²) in [7, 11) is -2.47. The molecular weight excluding hydrogens is 958 g/mol. The van der Waals surface area contributed by atoms with E-state index in [0.717, 1.165) is 45.9 Å². The van der Waals surface area contributed by atoms with Crippen molar-refractivity contribution in [2.24, 2.45) is 0 Å². The van der Waals surface area contributed by atoms with Gasteiger partial charge in [-0.1, -0.05) is 6.08 Å². The Balaban J connectivity index is 1.27. The Bertz CT molecular complexity index is 2660. The number of rotatable bonds is 8. The van der Waals surface area contributed by atoms with E-state index >= 15 is 0 Å². The summed E-state index contributed by atoms with van der Waals surface area (Å²) in [5, 5.41) is 6.95. The van der Waals surface area contributed by atoms with Crippen LogP contribution < -0.4 is 15.9 Å². The van der Waals surface area contributed by atoms with Crippen molar-refractivity contribution in [2.45, 2.75) is 27.7 Å². The van der Waals surface area contributed by atoms with Gasteiger partial charge in [0.15, 0.2) is 0 Å². The van der Waals surface area contributed by atoms with Crippen molar-refractivity contribution < 1.29 is 22.7 Å². The molecule has 0 bridgehead atoms. The molecule has 0 saturated carbocycles. The van der Waals surface area contributed by atoms with Crippen LogP contribution in [0, 0.1) is 30.1 Å². The minimum absolute atomic E-state index is 0.555. The van der Waals surface area contributed by atoms with Gasteiger partial charge in [0.05, 0.1) is 4.88 Å². The molecule has 277 valence electrons. The molecule has 7 aromatic rings. The first-order valence-electron chi connectivity index (χ1n) is 18.2. The fourth-order valence-electron chi connectivity index (χ4n) is 6.96. The number of hydrogen-bond acceptors (Lipinski definition) is 7. The van der Waals surface area contributed by atoms with Gasteiger partial charge in [-0.2, -0.15) is 0 Å². The molecule has 0 spiro atoms. The van der Waals surface area contributed by atoms with Crippen LogP contribution in [0.5, 0.6) is 0 Å². The normalized spacial score (nSPS) is 15.1. The van der Waals surface area contributed by atoms with Crippen molar-refractivity contribution in [3.8, 4) is 36.0 Å². The number of aromatic nitrogens is 2. The Kier molecular flexibility index (Phi) is 11.9. The van der Waals surface area contributed by atoms with Crippen LogP contribution >= 0.6 is 52.6 Å². The monoisotopic (exact) mass is 996 g/mol. The second-order valence-corrected chi connectivity index (χ2v) is 21.3. The Morgan fingerprint density at radius 2 is 1.25 bits per heavy atom. The second kappa shape index (κ2) is 17.2. The number of thiazole rings is 2. The summed E-state index contributed by atoms with van der Waals surface area (Å²) in [5.41, 5.74) is 5.75. The first kappa shape index (κ1) is 38.8. The number of aryl methyl sites for hydroxylation is 2. The quantitative estimate of drug-likeness (QED) is 0.112. The van der Waals surface area contributed by atoms with Gasteiger partial charge in [0, 0.05) is 4.88 Å². The molecule has 1 aliphatic rings. The molecule has 0 N–H and O–H groups in total. The number of benzene rings is 3. The van der Waals surface area contributed by atoms with Gasteiger partial charge in [0.2, 0.25) is 0 Å². The third-order valence-electron chi connectivity index (χ3n) is 9.57. The average molecular weight is 995 g/mol. The predicted molar refractivity (Wildman–Crippen MR) is 242 cm³/mol. The standard InChI is InChI=1S/C47H37N2OPS4.Os/c1-6-17-40-26-31(3)42(52-40)44-48-46-47(54-44)49-45(55-46)43-32(4)27-41(53-43)25-24-35(28-36-30-50-29-34(36)7-2)33(5)51(37-18-11-8-12-19-37,38-20-13-9-14-21-38)39-22-15-10-16-23-39;/h6-23,26-28H,29-30H2,1-4H3;/q+1;/b17-6+,34-7?,35-33?,36-28?;. The van der Waals surface area contributed by atoms with E-state index < -0.39 is 7.26 Å². The Labute approximate surface area is 355 Å². The van der Waals surface area contributed by atoms with E-state index in [4.69, 9.17) is 14.7 Å². The summed E-state index contributed by atoms with van der Waals surface area (Å²) >= 11 is 8.62. The van der Waals surface area contributed by atoms with Gasteiger partial charge in [-0.3, -0.25) is 0 Å². The molecule has 3 aromatic carbocycles. The van der Waals surface area contributed by atoms with E-state index in [9.17, 15) is 0 Å². The third kappa shape index (κ3) is 7.53. The van der Waals surface area contributed by atoms with Crippen LogP contribution in [0.15, 0.2) is 143 Å². The first-order chi connectivity index (χ1) is 27.4. The molecule has 56 heavy (non-hydrogen) atoms. The summed E-state index contributed by atoms with van der Waals surface area (Å²) < 4.78 is 9.78. The van der Waals surface area contributed by atoms with Gasteiger partial charge in [0.25, 0.3) is 0 Å². The van der Waals surface area contributed by atoms with Crippen LogP contribution in [0.1, 0.15) is 34.7 Å². The molecule has 0 amide bonds. The van der Waals surface area contributed by atoms with Crippen molar-refractivity contribution in [3.05, 3.63) is 164 Å². The van der Waals surface area contributed by atoms with Crippen LogP contribution in [0.4, 0.5) is 0 Å². The topological polar surface area (TPSA) is 35.0 Å². The number of fused-ring (bicyclic) bond motifs is 1. The Morgan fingerprint density at radius 3 is 1.79 bits per heavy atom. The Hall–Kier alpha value is -4.09. The number of allylic oxidation sites excluding steroid dienone is 5. The zero-order chi connectivity index (χ0) is 38.6. The molecule has 1 saturated heterocycles. The van der Waals surface area contributed by atoms with Gasteiger partial charge in [0.1, 0.15) is 5.01 Å². The van der Waals surface area contributed by atoms with E-state index in [1.54, 1.807) is 63.3 Å². The van der Waals surface area contributed by atoms with Crippen LogP contribution in [-0.2, 0) is 22.7 Å². The van der Waals surface area contributed by atoms with Crippen LogP contribution in [0.25, 0.3) is 35.5 Å². The molecule has 0 radical (unpaired) electrons. The second-order valence-electron chi connectivity index (χ2n) is 13.2. The van der Waals surface area contributed by atoms with E-state index in [2.05, 4.69) is 171 Å². The summed E-state index contributed by atoms with van der Waals surface area (Å²) in [6, 6.07) is 37.3. The zero-order valence-corrected chi connectivity index (χ0v) is 38.0. The molecule has 4 aromatic heterocycles. The molecule has 0 aliphatic carbocycles. The fraction of sp³-hybridized carbons (Fsp3) is 0.128. The summed E-state index contributed by atoms with van der Waals surface area (Å²) in [4.78, 5) is 16.8. The van der Waals surface area contributed by atoms with E-state index in [1.807, 2.05) is 0 Å². The van der Waals surface area contributed by atoms with E-state index in [-0.39, 0.29) is 0 Å². The molecular formula is C47H37N2OOsPS4+. The third-order valence-corrected chi connectivity index (χ3v) is 19.6. The molecule has 5 heterocycles. The molecule has 8 rings (SSSR count). The number of nitrogens with zero attached hydrogens (tertiary/aromatic N) is 2. The van der Waals surface area contributed by atoms with Crippen molar-refractivity contribution in [3.63, 3.8) is 0 Å². The number of thiophene rings is 2. The molecule has 0 atom stereocenters. The predicted octanol–water partition coefficient (Wildman–Crippen LogP) is 11.9. The van der Waals surface area contributed by atoms with Gasteiger partial charge in [-0.25, -0.2) is 0 Å². The van der Waals surface area contributed by atoms with Gasteiger partial charge < -0.3 is 0 Å². The maximum absolute atomic E-state index is 5.99. The molecule has 9 heteroatoms. The number of ether oxygens (including phenoxy) is 1. The molecule has 1 aliphatic heterocycles. The summed E-state index contributed by atoms with van der Waals surface area (Å²) in [5.74, 6) is 7.40. The maximum atomic E-state index is 5.99. The van der Waals surface area contributed by atoms with Crippen LogP contribution in [0.3, 0.4) is 0 Å². The van der Waals surface area contributed by atoms with Crippen molar-refractivity contribution in [2.75, 3.05) is 13.2 Å². The Morgan fingerprint density at radius 1 is 0.714 bits per heavy atom. The summed E-state index contributed by atoms with van der Waals surface area (Å²) in [6.45, 7) is 9.62. The summed E-state index contributed by atoms with van der Waals surface area (Å²) in [6.07, 6.45) is 8.66. The zero-order valence-electron chi connectivity index (χ0n) is 31.3. The van der Waals surface area contributed by atoms with Gasteiger partial charge in [-0.05, 0) is 31.6 Å². The van der Waals surface area contributed by atoms with Gasteiger partial charge >= 0.3 is 294 Å². The molecule has 0 unspecified atom stereocenters. The first-order valence-corrected chi connectivity index (χ1v) is 24.5. The SMILES string of the molecule is CC=C1COCC1=CC(C#Cc1cc(C)c(-c2nc3sc(-c4sc(/C=C/C)cc4C)nc3s2)s1)=C([C]#[Os])[P+](c1ccccc1)(c1ccccc1)c1ccccc1. The van der Waals surface area contributed by atoms with Crippen LogP contribution in [-0.4, -0.2) is 23.2 Å². The van der Waals surface area contributed by atoms with Crippen molar-refractivity contribution >= 4 is 84.3 Å². The van der Waals surface area contributed by atoms with Crippen LogP contribution in [0.2, 0.25) is 0 Å². The fourth-order valence-corrected chi connectivity index (χ4v) is 17.2. The number of hydrogen-bond donors (Lipinski definition) is 0. The van der Waals surface area contributed by atoms with E-state index in [0.29, 0.717) is 13.2 Å². The minimum atomic E-state index is -2.47. The molecule has 3 nitrogen and oxygen atoms in total. The van der Waals surface area contributed by atoms with Crippen molar-refractivity contribution in [1.29, 1.82) is 0 Å².